The average Bonchev–Trinajstić information content (AvgIpc) is 2.72. The molecule has 0 spiro atoms. The molecule has 2 N–H and O–H groups in total. The molecule has 5 nitrogen and oxygen atoms in total. The summed E-state index contributed by atoms with van der Waals surface area (Å²) in [4.78, 5) is 11.9. The van der Waals surface area contributed by atoms with Crippen molar-refractivity contribution in [2.75, 3.05) is 0 Å². The van der Waals surface area contributed by atoms with Gasteiger partial charge in [-0.1, -0.05) is 76.5 Å². The van der Waals surface area contributed by atoms with Gasteiger partial charge in [-0.05, 0) is 50.7 Å². The quantitative estimate of drug-likeness (QED) is 0.208. The van der Waals surface area contributed by atoms with Crippen LogP contribution in [0.2, 0.25) is 0 Å². The van der Waals surface area contributed by atoms with Gasteiger partial charge in [-0.2, -0.15) is 0 Å². The van der Waals surface area contributed by atoms with Crippen molar-refractivity contribution in [2.24, 2.45) is 0 Å². The Labute approximate surface area is 189 Å². The molecular formula is C25H41NO4S. The SMILES string of the molecule is CCCCCCCCC=CCCCCCCCC(=O)NS(=O)(=O)c1cc(O)ccc1C. The fourth-order valence-corrected chi connectivity index (χ4v) is 4.77. The molecule has 0 unspecified atom stereocenters. The van der Waals surface area contributed by atoms with E-state index in [9.17, 15) is 18.3 Å². The Hall–Kier alpha value is -1.82. The molecular weight excluding hydrogens is 410 g/mol. The average molecular weight is 452 g/mol. The van der Waals surface area contributed by atoms with Crippen LogP contribution < -0.4 is 4.72 Å². The number of rotatable bonds is 17. The number of phenolic OH excluding ortho intramolecular Hbond substituents is 1. The van der Waals surface area contributed by atoms with E-state index in [1.807, 2.05) is 0 Å². The fraction of sp³-hybridized carbons (Fsp3) is 0.640. The number of aryl methyl sites for hydroxylation is 1. The molecule has 1 rings (SSSR count). The summed E-state index contributed by atoms with van der Waals surface area (Å²) < 4.78 is 26.8. The zero-order chi connectivity index (χ0) is 23.0. The minimum atomic E-state index is -3.95. The standard InChI is InChI=1S/C25H41NO4S/c1-3-4-5-6-7-8-9-10-11-12-13-14-15-16-17-18-25(28)26-31(29,30)24-21-23(27)20-19-22(24)2/h10-11,19-21,27H,3-9,12-18H2,1-2H3,(H,26,28). The maximum Gasteiger partial charge on any atom is 0.264 e. The Kier molecular flexibility index (Phi) is 14.0. The number of amides is 1. The molecule has 0 saturated heterocycles. The number of sulfonamides is 1. The van der Waals surface area contributed by atoms with E-state index in [1.165, 1.54) is 57.1 Å². The first kappa shape index (κ1) is 27.2. The zero-order valence-corrected chi connectivity index (χ0v) is 20.2. The predicted octanol–water partition coefficient (Wildman–Crippen LogP) is 6.54. The number of carbonyl (C=O) groups is 1. The molecule has 176 valence electrons. The summed E-state index contributed by atoms with van der Waals surface area (Å²) in [5, 5.41) is 9.51. The maximum absolute atomic E-state index is 12.3. The first-order valence-electron chi connectivity index (χ1n) is 11.9. The third kappa shape index (κ3) is 12.6. The molecule has 31 heavy (non-hydrogen) atoms. The van der Waals surface area contributed by atoms with Crippen molar-refractivity contribution in [3.8, 4) is 5.75 Å². The Balaban J connectivity index is 2.07. The number of allylic oxidation sites excluding steroid dienone is 2. The molecule has 1 amide bonds. The first-order valence-corrected chi connectivity index (χ1v) is 13.4. The number of aromatic hydroxyl groups is 1. The summed E-state index contributed by atoms with van der Waals surface area (Å²) >= 11 is 0. The highest BCUT2D eigenvalue weighted by Crippen LogP contribution is 2.20. The van der Waals surface area contributed by atoms with Crippen molar-refractivity contribution in [1.29, 1.82) is 0 Å². The van der Waals surface area contributed by atoms with E-state index in [-0.39, 0.29) is 17.1 Å². The topological polar surface area (TPSA) is 83.5 Å². The maximum atomic E-state index is 12.3. The van der Waals surface area contributed by atoms with Gasteiger partial charge in [-0.3, -0.25) is 4.79 Å². The first-order chi connectivity index (χ1) is 14.9. The Morgan fingerprint density at radius 1 is 0.903 bits per heavy atom. The number of nitrogens with one attached hydrogen (secondary N) is 1. The van der Waals surface area contributed by atoms with Crippen LogP contribution in [0.25, 0.3) is 0 Å². The van der Waals surface area contributed by atoms with Crippen LogP contribution in [0.4, 0.5) is 0 Å². The van der Waals surface area contributed by atoms with Crippen molar-refractivity contribution in [3.63, 3.8) is 0 Å². The van der Waals surface area contributed by atoms with Crippen LogP contribution in [0.15, 0.2) is 35.2 Å². The van der Waals surface area contributed by atoms with Gasteiger partial charge >= 0.3 is 0 Å². The number of carbonyl (C=O) groups excluding carboxylic acids is 1. The molecule has 6 heteroatoms. The number of hydrogen-bond donors (Lipinski definition) is 2. The van der Waals surface area contributed by atoms with Crippen molar-refractivity contribution in [3.05, 3.63) is 35.9 Å². The summed E-state index contributed by atoms with van der Waals surface area (Å²) in [5.41, 5.74) is 0.485. The van der Waals surface area contributed by atoms with Crippen LogP contribution in [0.3, 0.4) is 0 Å². The smallest absolute Gasteiger partial charge is 0.264 e. The summed E-state index contributed by atoms with van der Waals surface area (Å²) in [7, 11) is -3.95. The lowest BCUT2D eigenvalue weighted by molar-refractivity contribution is -0.119. The second kappa shape index (κ2) is 15.9. The molecule has 0 heterocycles. The fourth-order valence-electron chi connectivity index (χ4n) is 3.49. The van der Waals surface area contributed by atoms with Gasteiger partial charge in [0, 0.05) is 12.5 Å². The summed E-state index contributed by atoms with van der Waals surface area (Å²) in [6.07, 6.45) is 20.0. The van der Waals surface area contributed by atoms with Crippen molar-refractivity contribution >= 4 is 15.9 Å². The molecule has 0 aliphatic heterocycles. The molecule has 0 bridgehead atoms. The predicted molar refractivity (Wildman–Crippen MR) is 128 cm³/mol. The number of benzene rings is 1. The molecule has 0 atom stereocenters. The Bertz CT molecular complexity index is 772. The minimum absolute atomic E-state index is 0.0644. The minimum Gasteiger partial charge on any atom is -0.508 e. The van der Waals surface area contributed by atoms with Crippen molar-refractivity contribution in [2.45, 2.75) is 109 Å². The number of hydrogen-bond acceptors (Lipinski definition) is 4. The summed E-state index contributed by atoms with van der Waals surface area (Å²) in [6, 6.07) is 4.09. The van der Waals surface area contributed by atoms with E-state index < -0.39 is 15.9 Å². The molecule has 0 aliphatic rings. The van der Waals surface area contributed by atoms with E-state index >= 15 is 0 Å². The molecule has 0 aromatic heterocycles. The van der Waals surface area contributed by atoms with Gasteiger partial charge in [0.1, 0.15) is 5.75 Å². The number of phenols is 1. The van der Waals surface area contributed by atoms with Crippen molar-refractivity contribution in [1.82, 2.24) is 4.72 Å². The van der Waals surface area contributed by atoms with Crippen LogP contribution in [-0.4, -0.2) is 19.4 Å². The van der Waals surface area contributed by atoms with E-state index in [0.717, 1.165) is 38.2 Å². The lowest BCUT2D eigenvalue weighted by Gasteiger charge is -2.09. The third-order valence-corrected chi connectivity index (χ3v) is 6.89. The van der Waals surface area contributed by atoms with Gasteiger partial charge in [-0.25, -0.2) is 13.1 Å². The molecule has 0 aliphatic carbocycles. The lowest BCUT2D eigenvalue weighted by atomic mass is 10.1. The molecule has 0 saturated carbocycles. The molecule has 0 radical (unpaired) electrons. The zero-order valence-electron chi connectivity index (χ0n) is 19.4. The Morgan fingerprint density at radius 2 is 1.45 bits per heavy atom. The van der Waals surface area contributed by atoms with E-state index in [2.05, 4.69) is 23.8 Å². The highest BCUT2D eigenvalue weighted by Gasteiger charge is 2.20. The Morgan fingerprint density at radius 3 is 2.06 bits per heavy atom. The van der Waals surface area contributed by atoms with Gasteiger partial charge in [0.05, 0.1) is 4.90 Å². The van der Waals surface area contributed by atoms with Gasteiger partial charge in [0.15, 0.2) is 0 Å². The third-order valence-electron chi connectivity index (χ3n) is 5.38. The van der Waals surface area contributed by atoms with Crippen LogP contribution in [0.1, 0.15) is 102 Å². The lowest BCUT2D eigenvalue weighted by Crippen LogP contribution is -2.30. The molecule has 1 aromatic carbocycles. The van der Waals surface area contributed by atoms with Crippen LogP contribution in [0.5, 0.6) is 5.75 Å². The van der Waals surface area contributed by atoms with E-state index in [1.54, 1.807) is 6.92 Å². The van der Waals surface area contributed by atoms with E-state index in [4.69, 9.17) is 0 Å². The van der Waals surface area contributed by atoms with Gasteiger partial charge in [0.2, 0.25) is 5.91 Å². The van der Waals surface area contributed by atoms with Gasteiger partial charge < -0.3 is 5.11 Å². The van der Waals surface area contributed by atoms with Gasteiger partial charge in [-0.15, -0.1) is 0 Å². The second-order valence-electron chi connectivity index (χ2n) is 8.31. The summed E-state index contributed by atoms with van der Waals surface area (Å²) in [6.45, 7) is 3.87. The largest absolute Gasteiger partial charge is 0.508 e. The highest BCUT2D eigenvalue weighted by atomic mass is 32.2. The summed E-state index contributed by atoms with van der Waals surface area (Å²) in [5.74, 6) is -0.643. The monoisotopic (exact) mass is 451 g/mol. The van der Waals surface area contributed by atoms with Crippen LogP contribution in [0, 0.1) is 6.92 Å². The van der Waals surface area contributed by atoms with Crippen LogP contribution in [-0.2, 0) is 14.8 Å². The normalized spacial score (nSPS) is 11.8. The highest BCUT2D eigenvalue weighted by molar-refractivity contribution is 7.90. The van der Waals surface area contributed by atoms with Gasteiger partial charge in [0.25, 0.3) is 10.0 Å². The van der Waals surface area contributed by atoms with Crippen molar-refractivity contribution < 1.29 is 18.3 Å². The van der Waals surface area contributed by atoms with E-state index in [0.29, 0.717) is 12.0 Å². The molecule has 0 fully saturated rings. The second-order valence-corrected chi connectivity index (χ2v) is 9.96. The van der Waals surface area contributed by atoms with Crippen LogP contribution >= 0.6 is 0 Å². The number of unbranched alkanes of at least 4 members (excludes halogenated alkanes) is 11. The molecule has 1 aromatic rings.